The van der Waals surface area contributed by atoms with Crippen LogP contribution in [0.5, 0.6) is 0 Å². The molecule has 0 fully saturated rings. The van der Waals surface area contributed by atoms with E-state index in [0.717, 1.165) is 18.4 Å². The summed E-state index contributed by atoms with van der Waals surface area (Å²) in [6.45, 7) is 2.24. The van der Waals surface area contributed by atoms with E-state index < -0.39 is 0 Å². The minimum absolute atomic E-state index is 0.0583. The van der Waals surface area contributed by atoms with Gasteiger partial charge in [-0.2, -0.15) is 5.10 Å². The van der Waals surface area contributed by atoms with Crippen LogP contribution in [0.2, 0.25) is 0 Å². The van der Waals surface area contributed by atoms with Gasteiger partial charge in [0.05, 0.1) is 6.42 Å². The summed E-state index contributed by atoms with van der Waals surface area (Å²) in [4.78, 5) is 11.6. The van der Waals surface area contributed by atoms with Gasteiger partial charge >= 0.3 is 0 Å². The van der Waals surface area contributed by atoms with Crippen molar-refractivity contribution >= 4 is 12.1 Å². The molecule has 1 rings (SSSR count). The van der Waals surface area contributed by atoms with E-state index in [0.29, 0.717) is 6.42 Å². The summed E-state index contributed by atoms with van der Waals surface area (Å²) in [6.07, 6.45) is 12.2. The average molecular weight is 288 g/mol. The molecule has 0 saturated carbocycles. The third-order valence-electron chi connectivity index (χ3n) is 3.42. The lowest BCUT2D eigenvalue weighted by atomic mass is 10.1. The molecule has 21 heavy (non-hydrogen) atoms. The number of carbonyl (C=O) groups excluding carboxylic acids is 1. The van der Waals surface area contributed by atoms with Crippen molar-refractivity contribution in [2.75, 3.05) is 0 Å². The molecule has 0 aromatic heterocycles. The predicted molar refractivity (Wildman–Crippen MR) is 89.4 cm³/mol. The van der Waals surface area contributed by atoms with Crippen LogP contribution < -0.4 is 5.43 Å². The maximum absolute atomic E-state index is 11.6. The Morgan fingerprint density at radius 3 is 2.43 bits per heavy atom. The topological polar surface area (TPSA) is 41.5 Å². The zero-order chi connectivity index (χ0) is 15.2. The van der Waals surface area contributed by atoms with Gasteiger partial charge in [-0.3, -0.25) is 4.79 Å². The van der Waals surface area contributed by atoms with E-state index in [1.807, 2.05) is 36.5 Å². The van der Waals surface area contributed by atoms with E-state index in [4.69, 9.17) is 0 Å². The Hall–Kier alpha value is -1.64. The van der Waals surface area contributed by atoms with Crippen LogP contribution >= 0.6 is 0 Å². The van der Waals surface area contributed by atoms with Crippen LogP contribution in [0.15, 0.2) is 35.4 Å². The molecule has 1 aromatic carbocycles. The number of benzene rings is 1. The van der Waals surface area contributed by atoms with Gasteiger partial charge in [-0.1, -0.05) is 75.8 Å². The van der Waals surface area contributed by atoms with E-state index in [1.54, 1.807) is 0 Å². The third-order valence-corrected chi connectivity index (χ3v) is 3.42. The molecule has 0 aliphatic rings. The largest absolute Gasteiger partial charge is 0.273 e. The Labute approximate surface area is 128 Å². The highest BCUT2D eigenvalue weighted by molar-refractivity contribution is 5.79. The lowest BCUT2D eigenvalue weighted by molar-refractivity contribution is -0.120. The number of hydrogen-bond acceptors (Lipinski definition) is 2. The standard InChI is InChI=1S/C18H28N2O/c1-2-3-4-5-6-7-8-12-15-19-20-18(21)16-17-13-10-9-11-14-17/h9-11,13-15H,2-8,12,16H2,1H3,(H,20,21)/b19-15-. The van der Waals surface area contributed by atoms with E-state index in [2.05, 4.69) is 17.5 Å². The summed E-state index contributed by atoms with van der Waals surface area (Å²) in [5, 5.41) is 3.99. The van der Waals surface area contributed by atoms with Gasteiger partial charge in [-0.05, 0) is 18.4 Å². The van der Waals surface area contributed by atoms with Crippen LogP contribution in [0, 0.1) is 0 Å². The monoisotopic (exact) mass is 288 g/mol. The van der Waals surface area contributed by atoms with E-state index in [1.165, 1.54) is 38.5 Å². The van der Waals surface area contributed by atoms with Crippen LogP contribution in [-0.2, 0) is 11.2 Å². The van der Waals surface area contributed by atoms with E-state index >= 15 is 0 Å². The molecular formula is C18H28N2O. The van der Waals surface area contributed by atoms with Crippen LogP contribution in [0.25, 0.3) is 0 Å². The summed E-state index contributed by atoms with van der Waals surface area (Å²) >= 11 is 0. The van der Waals surface area contributed by atoms with E-state index in [-0.39, 0.29) is 5.91 Å². The Bertz CT molecular complexity index is 401. The number of nitrogens with zero attached hydrogens (tertiary/aromatic N) is 1. The van der Waals surface area contributed by atoms with Gasteiger partial charge in [0.1, 0.15) is 0 Å². The molecule has 0 aliphatic heterocycles. The van der Waals surface area contributed by atoms with Gasteiger partial charge in [0.2, 0.25) is 5.91 Å². The number of nitrogens with one attached hydrogen (secondary N) is 1. The first kappa shape index (κ1) is 17.4. The number of amides is 1. The van der Waals surface area contributed by atoms with Gasteiger partial charge < -0.3 is 0 Å². The fourth-order valence-electron chi connectivity index (χ4n) is 2.20. The Kier molecular flexibility index (Phi) is 10.1. The van der Waals surface area contributed by atoms with Gasteiger partial charge in [0, 0.05) is 6.21 Å². The molecular weight excluding hydrogens is 260 g/mol. The number of hydrazone groups is 1. The van der Waals surface area contributed by atoms with Crippen molar-refractivity contribution < 1.29 is 4.79 Å². The van der Waals surface area contributed by atoms with Gasteiger partial charge in [0.25, 0.3) is 0 Å². The molecule has 0 unspecified atom stereocenters. The van der Waals surface area contributed by atoms with Crippen molar-refractivity contribution in [2.45, 2.75) is 64.7 Å². The Morgan fingerprint density at radius 1 is 1.05 bits per heavy atom. The molecule has 0 spiro atoms. The summed E-state index contributed by atoms with van der Waals surface area (Å²) in [7, 11) is 0. The predicted octanol–water partition coefficient (Wildman–Crippen LogP) is 4.47. The van der Waals surface area contributed by atoms with Crippen molar-refractivity contribution in [1.29, 1.82) is 0 Å². The summed E-state index contributed by atoms with van der Waals surface area (Å²) in [6, 6.07) is 9.71. The van der Waals surface area contributed by atoms with Crippen LogP contribution in [0.1, 0.15) is 63.9 Å². The zero-order valence-electron chi connectivity index (χ0n) is 13.2. The van der Waals surface area contributed by atoms with Gasteiger partial charge in [-0.25, -0.2) is 5.43 Å². The molecule has 0 aliphatic carbocycles. The summed E-state index contributed by atoms with van der Waals surface area (Å²) in [5.74, 6) is -0.0583. The van der Waals surface area contributed by atoms with Crippen molar-refractivity contribution in [1.82, 2.24) is 5.43 Å². The van der Waals surface area contributed by atoms with Crippen LogP contribution in [0.3, 0.4) is 0 Å². The van der Waals surface area contributed by atoms with E-state index in [9.17, 15) is 4.79 Å². The van der Waals surface area contributed by atoms with Crippen molar-refractivity contribution in [3.8, 4) is 0 Å². The molecule has 0 atom stereocenters. The quantitative estimate of drug-likeness (QED) is 0.364. The molecule has 3 nitrogen and oxygen atoms in total. The average Bonchev–Trinajstić information content (AvgIpc) is 2.50. The first-order valence-corrected chi connectivity index (χ1v) is 8.17. The third kappa shape index (κ3) is 9.83. The second-order valence-corrected chi connectivity index (χ2v) is 5.42. The minimum atomic E-state index is -0.0583. The van der Waals surface area contributed by atoms with Crippen LogP contribution in [0.4, 0.5) is 0 Å². The van der Waals surface area contributed by atoms with Crippen molar-refractivity contribution in [3.05, 3.63) is 35.9 Å². The molecule has 0 heterocycles. The highest BCUT2D eigenvalue weighted by atomic mass is 16.2. The Balaban J connectivity index is 1.98. The first-order valence-electron chi connectivity index (χ1n) is 8.17. The van der Waals surface area contributed by atoms with Crippen molar-refractivity contribution in [3.63, 3.8) is 0 Å². The number of rotatable bonds is 11. The summed E-state index contributed by atoms with van der Waals surface area (Å²) in [5.41, 5.74) is 3.59. The maximum atomic E-state index is 11.6. The first-order chi connectivity index (χ1) is 10.3. The van der Waals surface area contributed by atoms with Crippen LogP contribution in [-0.4, -0.2) is 12.1 Å². The molecule has 0 saturated heterocycles. The SMILES string of the molecule is CCCCCCCCC/C=N\NC(=O)Cc1ccccc1. The molecule has 1 N–H and O–H groups in total. The maximum Gasteiger partial charge on any atom is 0.244 e. The minimum Gasteiger partial charge on any atom is -0.273 e. The Morgan fingerprint density at radius 2 is 1.71 bits per heavy atom. The summed E-state index contributed by atoms with van der Waals surface area (Å²) < 4.78 is 0. The number of hydrogen-bond donors (Lipinski definition) is 1. The van der Waals surface area contributed by atoms with Gasteiger partial charge in [-0.15, -0.1) is 0 Å². The molecule has 3 heteroatoms. The number of unbranched alkanes of at least 4 members (excludes halogenated alkanes) is 7. The second-order valence-electron chi connectivity index (χ2n) is 5.42. The fraction of sp³-hybridized carbons (Fsp3) is 0.556. The number of carbonyl (C=O) groups is 1. The highest BCUT2D eigenvalue weighted by Crippen LogP contribution is 2.07. The molecule has 1 aromatic rings. The lowest BCUT2D eigenvalue weighted by Gasteiger charge is -2.00. The zero-order valence-corrected chi connectivity index (χ0v) is 13.2. The molecule has 116 valence electrons. The smallest absolute Gasteiger partial charge is 0.244 e. The fourth-order valence-corrected chi connectivity index (χ4v) is 2.20. The molecule has 1 amide bonds. The second kappa shape index (κ2) is 12.1. The lowest BCUT2D eigenvalue weighted by Crippen LogP contribution is -2.19. The normalized spacial score (nSPS) is 10.9. The highest BCUT2D eigenvalue weighted by Gasteiger charge is 2.00. The van der Waals surface area contributed by atoms with Gasteiger partial charge in [0.15, 0.2) is 0 Å². The molecule has 0 radical (unpaired) electrons. The van der Waals surface area contributed by atoms with Crippen molar-refractivity contribution in [2.24, 2.45) is 5.10 Å². The molecule has 0 bridgehead atoms.